The third-order valence-electron chi connectivity index (χ3n) is 3.69. The fourth-order valence-electron chi connectivity index (χ4n) is 2.38. The van der Waals surface area contributed by atoms with Crippen LogP contribution in [0.3, 0.4) is 0 Å². The van der Waals surface area contributed by atoms with Crippen molar-refractivity contribution in [3.63, 3.8) is 0 Å². The smallest absolute Gasteiger partial charge is 0.308 e. The molecule has 1 aromatic rings. The normalized spacial score (nSPS) is 18.4. The van der Waals surface area contributed by atoms with Crippen molar-refractivity contribution >= 4 is 23.5 Å². The lowest BCUT2D eigenvalue weighted by Crippen LogP contribution is -2.44. The Morgan fingerprint density at radius 1 is 1.48 bits per heavy atom. The second-order valence-corrected chi connectivity index (χ2v) is 5.58. The number of nitrogens with zero attached hydrogens (tertiary/aromatic N) is 1. The Kier molecular flexibility index (Phi) is 5.07. The van der Waals surface area contributed by atoms with E-state index in [0.29, 0.717) is 30.2 Å². The maximum Gasteiger partial charge on any atom is 0.308 e. The van der Waals surface area contributed by atoms with E-state index >= 15 is 0 Å². The van der Waals surface area contributed by atoms with Crippen molar-refractivity contribution < 1.29 is 19.4 Å². The SMILES string of the molecule is Cc1c(Cl)cccc1OCC(=O)N1CCCC(C(=O)O)C1. The molecular formula is C15H18ClNO4. The first-order valence-electron chi connectivity index (χ1n) is 6.87. The van der Waals surface area contributed by atoms with Crippen molar-refractivity contribution in [3.8, 4) is 5.75 Å². The highest BCUT2D eigenvalue weighted by Crippen LogP contribution is 2.25. The molecule has 1 amide bonds. The summed E-state index contributed by atoms with van der Waals surface area (Å²) in [6.07, 6.45) is 1.33. The molecule has 0 aliphatic carbocycles. The Balaban J connectivity index is 1.92. The van der Waals surface area contributed by atoms with Gasteiger partial charge in [-0.3, -0.25) is 9.59 Å². The number of carboxylic acids is 1. The fraction of sp³-hybridized carbons (Fsp3) is 0.467. The van der Waals surface area contributed by atoms with Crippen molar-refractivity contribution in [2.75, 3.05) is 19.7 Å². The van der Waals surface area contributed by atoms with Crippen LogP contribution in [0.4, 0.5) is 0 Å². The third-order valence-corrected chi connectivity index (χ3v) is 4.10. The highest BCUT2D eigenvalue weighted by atomic mass is 35.5. The molecule has 1 atom stereocenters. The molecule has 1 aromatic carbocycles. The average Bonchev–Trinajstić information content (AvgIpc) is 2.48. The van der Waals surface area contributed by atoms with Crippen LogP contribution in [-0.4, -0.2) is 41.6 Å². The molecule has 5 nitrogen and oxygen atoms in total. The van der Waals surface area contributed by atoms with E-state index in [4.69, 9.17) is 21.4 Å². The largest absolute Gasteiger partial charge is 0.483 e. The lowest BCUT2D eigenvalue weighted by Gasteiger charge is -2.30. The van der Waals surface area contributed by atoms with Gasteiger partial charge < -0.3 is 14.7 Å². The molecule has 2 rings (SSSR count). The third kappa shape index (κ3) is 3.88. The van der Waals surface area contributed by atoms with Crippen LogP contribution in [0.2, 0.25) is 5.02 Å². The first-order chi connectivity index (χ1) is 9.99. The predicted molar refractivity (Wildman–Crippen MR) is 78.6 cm³/mol. The number of ether oxygens (including phenoxy) is 1. The van der Waals surface area contributed by atoms with Crippen LogP contribution in [0.1, 0.15) is 18.4 Å². The first-order valence-corrected chi connectivity index (χ1v) is 7.25. The number of hydrogen-bond donors (Lipinski definition) is 1. The van der Waals surface area contributed by atoms with Crippen LogP contribution < -0.4 is 4.74 Å². The summed E-state index contributed by atoms with van der Waals surface area (Å²) in [6.45, 7) is 2.56. The Bertz CT molecular complexity index is 546. The molecular weight excluding hydrogens is 294 g/mol. The summed E-state index contributed by atoms with van der Waals surface area (Å²) in [5, 5.41) is 9.62. The number of amides is 1. The van der Waals surface area contributed by atoms with Gasteiger partial charge in [0.15, 0.2) is 6.61 Å². The number of carbonyl (C=O) groups excluding carboxylic acids is 1. The summed E-state index contributed by atoms with van der Waals surface area (Å²) in [5.74, 6) is -0.947. The van der Waals surface area contributed by atoms with Gasteiger partial charge in [-0.15, -0.1) is 0 Å². The van der Waals surface area contributed by atoms with Crippen LogP contribution in [0.5, 0.6) is 5.75 Å². The molecule has 0 aromatic heterocycles. The summed E-state index contributed by atoms with van der Waals surface area (Å²) in [5.41, 5.74) is 0.786. The van der Waals surface area contributed by atoms with Gasteiger partial charge in [0, 0.05) is 23.7 Å². The number of aliphatic carboxylic acids is 1. The number of likely N-dealkylation sites (tertiary alicyclic amines) is 1. The van der Waals surface area contributed by atoms with Crippen LogP contribution in [-0.2, 0) is 9.59 Å². The lowest BCUT2D eigenvalue weighted by atomic mass is 9.98. The molecule has 1 saturated heterocycles. The number of rotatable bonds is 4. The Morgan fingerprint density at radius 3 is 2.95 bits per heavy atom. The summed E-state index contributed by atoms with van der Waals surface area (Å²) in [6, 6.07) is 5.27. The van der Waals surface area contributed by atoms with E-state index in [0.717, 1.165) is 5.56 Å². The number of halogens is 1. The quantitative estimate of drug-likeness (QED) is 0.927. The summed E-state index contributed by atoms with van der Waals surface area (Å²) in [7, 11) is 0. The van der Waals surface area contributed by atoms with Crippen molar-refractivity contribution in [2.45, 2.75) is 19.8 Å². The lowest BCUT2D eigenvalue weighted by molar-refractivity contribution is -0.146. The Morgan fingerprint density at radius 2 is 2.24 bits per heavy atom. The standard InChI is InChI=1S/C15H18ClNO4/c1-10-12(16)5-2-6-13(10)21-9-14(18)17-7-3-4-11(8-17)15(19)20/h2,5-6,11H,3-4,7-9H2,1H3,(H,19,20). The molecule has 1 unspecified atom stereocenters. The van der Waals surface area contributed by atoms with E-state index in [-0.39, 0.29) is 19.1 Å². The van der Waals surface area contributed by atoms with Gasteiger partial charge in [0.25, 0.3) is 5.91 Å². The number of piperidine rings is 1. The highest BCUT2D eigenvalue weighted by Gasteiger charge is 2.28. The highest BCUT2D eigenvalue weighted by molar-refractivity contribution is 6.31. The predicted octanol–water partition coefficient (Wildman–Crippen LogP) is 2.35. The van der Waals surface area contributed by atoms with Crippen LogP contribution >= 0.6 is 11.6 Å². The van der Waals surface area contributed by atoms with E-state index in [9.17, 15) is 9.59 Å². The van der Waals surface area contributed by atoms with Gasteiger partial charge in [-0.05, 0) is 31.9 Å². The van der Waals surface area contributed by atoms with Gasteiger partial charge in [0.2, 0.25) is 0 Å². The van der Waals surface area contributed by atoms with E-state index < -0.39 is 11.9 Å². The van der Waals surface area contributed by atoms with Gasteiger partial charge in [-0.2, -0.15) is 0 Å². The molecule has 0 spiro atoms. The second-order valence-electron chi connectivity index (χ2n) is 5.17. The first kappa shape index (κ1) is 15.6. The van der Waals surface area contributed by atoms with Crippen molar-refractivity contribution in [2.24, 2.45) is 5.92 Å². The minimum absolute atomic E-state index is 0.104. The zero-order valence-electron chi connectivity index (χ0n) is 11.8. The Hall–Kier alpha value is -1.75. The van der Waals surface area contributed by atoms with Crippen molar-refractivity contribution in [1.82, 2.24) is 4.90 Å². The van der Waals surface area contributed by atoms with Gasteiger partial charge in [0.05, 0.1) is 5.92 Å². The van der Waals surface area contributed by atoms with E-state index in [2.05, 4.69) is 0 Å². The monoisotopic (exact) mass is 311 g/mol. The molecule has 1 fully saturated rings. The second kappa shape index (κ2) is 6.80. The zero-order chi connectivity index (χ0) is 15.4. The van der Waals surface area contributed by atoms with Gasteiger partial charge in [-0.1, -0.05) is 17.7 Å². The van der Waals surface area contributed by atoms with E-state index in [1.807, 2.05) is 6.92 Å². The summed E-state index contributed by atoms with van der Waals surface area (Å²) < 4.78 is 5.51. The van der Waals surface area contributed by atoms with Gasteiger partial charge >= 0.3 is 5.97 Å². The summed E-state index contributed by atoms with van der Waals surface area (Å²) in [4.78, 5) is 24.7. The molecule has 0 bridgehead atoms. The molecule has 21 heavy (non-hydrogen) atoms. The van der Waals surface area contributed by atoms with E-state index in [1.54, 1.807) is 23.1 Å². The van der Waals surface area contributed by atoms with Crippen LogP contribution in [0, 0.1) is 12.8 Å². The van der Waals surface area contributed by atoms with E-state index in [1.165, 1.54) is 0 Å². The molecule has 1 aliphatic rings. The molecule has 114 valence electrons. The number of hydrogen-bond acceptors (Lipinski definition) is 3. The zero-order valence-corrected chi connectivity index (χ0v) is 12.6. The minimum atomic E-state index is -0.848. The average molecular weight is 312 g/mol. The Labute approximate surface area is 128 Å². The molecule has 0 radical (unpaired) electrons. The topological polar surface area (TPSA) is 66.8 Å². The maximum atomic E-state index is 12.1. The van der Waals surface area contributed by atoms with Crippen LogP contribution in [0.15, 0.2) is 18.2 Å². The molecule has 1 aliphatic heterocycles. The number of carbonyl (C=O) groups is 2. The fourth-order valence-corrected chi connectivity index (χ4v) is 2.55. The van der Waals surface area contributed by atoms with Gasteiger partial charge in [0.1, 0.15) is 5.75 Å². The molecule has 1 heterocycles. The molecule has 1 N–H and O–H groups in total. The number of benzene rings is 1. The van der Waals surface area contributed by atoms with Gasteiger partial charge in [-0.25, -0.2) is 0 Å². The van der Waals surface area contributed by atoms with Crippen molar-refractivity contribution in [3.05, 3.63) is 28.8 Å². The minimum Gasteiger partial charge on any atom is -0.483 e. The molecule has 6 heteroatoms. The summed E-state index contributed by atoms with van der Waals surface area (Å²) >= 11 is 5.99. The maximum absolute atomic E-state index is 12.1. The molecule has 0 saturated carbocycles. The van der Waals surface area contributed by atoms with Crippen LogP contribution in [0.25, 0.3) is 0 Å². The van der Waals surface area contributed by atoms with Crippen molar-refractivity contribution in [1.29, 1.82) is 0 Å². The number of carboxylic acid groups (broad SMARTS) is 1.